The normalized spacial score (nSPS) is 10.4. The van der Waals surface area contributed by atoms with Crippen LogP contribution in [0.25, 0.3) is 0 Å². The maximum atomic E-state index is 12.1. The summed E-state index contributed by atoms with van der Waals surface area (Å²) in [5, 5.41) is 0. The van der Waals surface area contributed by atoms with Crippen molar-refractivity contribution in [2.24, 2.45) is 0 Å². The Morgan fingerprint density at radius 1 is 1.42 bits per heavy atom. The van der Waals surface area contributed by atoms with Gasteiger partial charge in [0.2, 0.25) is 0 Å². The van der Waals surface area contributed by atoms with Gasteiger partial charge < -0.3 is 9.47 Å². The first-order chi connectivity index (χ1) is 9.08. The summed E-state index contributed by atoms with van der Waals surface area (Å²) >= 11 is 0. The van der Waals surface area contributed by atoms with Gasteiger partial charge in [0.15, 0.2) is 0 Å². The molecule has 1 aromatic rings. The van der Waals surface area contributed by atoms with Crippen molar-refractivity contribution in [3.8, 4) is 5.75 Å². The first kappa shape index (κ1) is 15.2. The van der Waals surface area contributed by atoms with Crippen LogP contribution in [0.5, 0.6) is 5.75 Å². The molecule has 0 heterocycles. The quantitative estimate of drug-likeness (QED) is 0.612. The molecule has 0 bridgehead atoms. The van der Waals surface area contributed by atoms with E-state index < -0.39 is 19.0 Å². The third kappa shape index (κ3) is 4.70. The van der Waals surface area contributed by atoms with E-state index in [0.717, 1.165) is 0 Å². The number of carbonyl (C=O) groups excluding carboxylic acids is 1. The Labute approximate surface area is 109 Å². The fraction of sp³-hybridized carbons (Fsp3) is 0.417. The van der Waals surface area contributed by atoms with Crippen molar-refractivity contribution in [3.63, 3.8) is 0 Å². The number of hydrogen-bond acceptors (Lipinski definition) is 5. The molecule has 0 amide bonds. The molecule has 0 saturated heterocycles. The van der Waals surface area contributed by atoms with Crippen LogP contribution >= 0.6 is 0 Å². The number of alkyl halides is 2. The van der Waals surface area contributed by atoms with Crippen LogP contribution in [-0.2, 0) is 9.57 Å². The highest BCUT2D eigenvalue weighted by molar-refractivity contribution is 5.93. The zero-order chi connectivity index (χ0) is 14.3. The molecule has 0 aliphatic rings. The zero-order valence-corrected chi connectivity index (χ0v) is 10.6. The van der Waals surface area contributed by atoms with Crippen molar-refractivity contribution in [1.29, 1.82) is 0 Å². The van der Waals surface area contributed by atoms with Crippen LogP contribution in [0, 0.1) is 0 Å². The topological polar surface area (TPSA) is 56.8 Å². The highest BCUT2D eigenvalue weighted by Crippen LogP contribution is 2.24. The fourth-order valence-electron chi connectivity index (χ4n) is 1.36. The molecular weight excluding hydrogens is 260 g/mol. The Balaban J connectivity index is 2.96. The lowest BCUT2D eigenvalue weighted by molar-refractivity contribution is 0.0508. The zero-order valence-electron chi connectivity index (χ0n) is 10.6. The van der Waals surface area contributed by atoms with Crippen molar-refractivity contribution < 1.29 is 27.9 Å². The van der Waals surface area contributed by atoms with Crippen LogP contribution in [0.4, 0.5) is 14.5 Å². The number of benzene rings is 1. The van der Waals surface area contributed by atoms with Gasteiger partial charge in [-0.1, -0.05) is 0 Å². The number of ether oxygens (including phenoxy) is 2. The van der Waals surface area contributed by atoms with Gasteiger partial charge in [-0.05, 0) is 25.1 Å². The second-order valence-electron chi connectivity index (χ2n) is 3.44. The van der Waals surface area contributed by atoms with Gasteiger partial charge in [0, 0.05) is 0 Å². The Kier molecular flexibility index (Phi) is 6.01. The number of rotatable bonds is 7. The number of anilines is 1. The maximum absolute atomic E-state index is 12.1. The van der Waals surface area contributed by atoms with E-state index >= 15 is 0 Å². The number of esters is 1. The summed E-state index contributed by atoms with van der Waals surface area (Å²) in [6.45, 7) is 1.04. The van der Waals surface area contributed by atoms with Gasteiger partial charge in [-0.3, -0.25) is 10.3 Å². The van der Waals surface area contributed by atoms with Gasteiger partial charge in [0.1, 0.15) is 17.9 Å². The van der Waals surface area contributed by atoms with Gasteiger partial charge in [-0.25, -0.2) is 13.6 Å². The summed E-state index contributed by atoms with van der Waals surface area (Å²) < 4.78 is 34.0. The highest BCUT2D eigenvalue weighted by Gasteiger charge is 2.16. The molecule has 5 nitrogen and oxygen atoms in total. The van der Waals surface area contributed by atoms with E-state index in [1.165, 1.54) is 25.3 Å². The minimum absolute atomic E-state index is 0.0420. The molecule has 1 rings (SSSR count). The average molecular weight is 275 g/mol. The molecule has 0 aromatic heterocycles. The van der Waals surface area contributed by atoms with Gasteiger partial charge in [0.25, 0.3) is 6.43 Å². The third-order valence-corrected chi connectivity index (χ3v) is 2.06. The van der Waals surface area contributed by atoms with Crippen molar-refractivity contribution in [1.82, 2.24) is 0 Å². The molecule has 0 radical (unpaired) electrons. The number of nitrogens with one attached hydrogen (secondary N) is 1. The van der Waals surface area contributed by atoms with Crippen LogP contribution in [0.1, 0.15) is 17.3 Å². The van der Waals surface area contributed by atoms with E-state index in [2.05, 4.69) is 5.48 Å². The molecular formula is C12H15F2NO4. The molecule has 7 heteroatoms. The van der Waals surface area contributed by atoms with E-state index in [-0.39, 0.29) is 17.9 Å². The molecule has 0 aliphatic heterocycles. The van der Waals surface area contributed by atoms with Gasteiger partial charge in [-0.2, -0.15) is 0 Å². The summed E-state index contributed by atoms with van der Waals surface area (Å²) in [5.41, 5.74) is 3.07. The SMILES string of the molecule is CCOC(=O)c1cc(NOC)ccc1OCC(F)F. The fourth-order valence-corrected chi connectivity index (χ4v) is 1.36. The average Bonchev–Trinajstić information content (AvgIpc) is 2.37. The van der Waals surface area contributed by atoms with Gasteiger partial charge in [-0.15, -0.1) is 0 Å². The van der Waals surface area contributed by atoms with E-state index in [0.29, 0.717) is 5.69 Å². The van der Waals surface area contributed by atoms with Crippen molar-refractivity contribution in [2.45, 2.75) is 13.3 Å². The lowest BCUT2D eigenvalue weighted by atomic mass is 10.2. The molecule has 19 heavy (non-hydrogen) atoms. The molecule has 106 valence electrons. The molecule has 0 aliphatic carbocycles. The van der Waals surface area contributed by atoms with Crippen LogP contribution in [-0.4, -0.2) is 32.7 Å². The number of halogens is 2. The van der Waals surface area contributed by atoms with Crippen LogP contribution in [0.15, 0.2) is 18.2 Å². The number of hydrogen-bond donors (Lipinski definition) is 1. The Bertz CT molecular complexity index is 426. The predicted molar refractivity (Wildman–Crippen MR) is 64.5 cm³/mol. The summed E-state index contributed by atoms with van der Waals surface area (Å²) in [6.07, 6.45) is -2.62. The number of carbonyl (C=O) groups is 1. The highest BCUT2D eigenvalue weighted by atomic mass is 19.3. The van der Waals surface area contributed by atoms with Crippen molar-refractivity contribution in [3.05, 3.63) is 23.8 Å². The van der Waals surface area contributed by atoms with Crippen LogP contribution in [0.2, 0.25) is 0 Å². The monoisotopic (exact) mass is 275 g/mol. The smallest absolute Gasteiger partial charge is 0.341 e. The molecule has 0 atom stereocenters. The van der Waals surface area contributed by atoms with Crippen molar-refractivity contribution in [2.75, 3.05) is 25.8 Å². The van der Waals surface area contributed by atoms with Crippen LogP contribution < -0.4 is 10.2 Å². The minimum Gasteiger partial charge on any atom is -0.487 e. The molecule has 0 saturated carbocycles. The first-order valence-corrected chi connectivity index (χ1v) is 5.59. The van der Waals surface area contributed by atoms with Crippen molar-refractivity contribution >= 4 is 11.7 Å². The van der Waals surface area contributed by atoms with Gasteiger partial charge >= 0.3 is 5.97 Å². The molecule has 1 N–H and O–H groups in total. The van der Waals surface area contributed by atoms with E-state index in [1.807, 2.05) is 0 Å². The summed E-state index contributed by atoms with van der Waals surface area (Å²) in [4.78, 5) is 16.4. The summed E-state index contributed by atoms with van der Waals surface area (Å²) in [7, 11) is 1.41. The Morgan fingerprint density at radius 2 is 2.16 bits per heavy atom. The minimum atomic E-state index is -2.62. The van der Waals surface area contributed by atoms with Crippen LogP contribution in [0.3, 0.4) is 0 Å². The second kappa shape index (κ2) is 7.52. The Morgan fingerprint density at radius 3 is 2.74 bits per heavy atom. The maximum Gasteiger partial charge on any atom is 0.341 e. The van der Waals surface area contributed by atoms with Gasteiger partial charge in [0.05, 0.1) is 19.4 Å². The summed E-state index contributed by atoms with van der Waals surface area (Å²) in [6, 6.07) is 4.34. The van der Waals surface area contributed by atoms with E-state index in [9.17, 15) is 13.6 Å². The lowest BCUT2D eigenvalue weighted by Crippen LogP contribution is -2.12. The molecule has 0 unspecified atom stereocenters. The Hall–Kier alpha value is -1.89. The third-order valence-electron chi connectivity index (χ3n) is 2.06. The first-order valence-electron chi connectivity index (χ1n) is 5.59. The predicted octanol–water partition coefficient (Wildman–Crippen LogP) is 2.48. The second-order valence-corrected chi connectivity index (χ2v) is 3.44. The largest absolute Gasteiger partial charge is 0.487 e. The molecule has 1 aromatic carbocycles. The molecule has 0 spiro atoms. The van der Waals surface area contributed by atoms with E-state index in [4.69, 9.17) is 14.3 Å². The molecule has 0 fully saturated rings. The summed E-state index contributed by atoms with van der Waals surface area (Å²) in [5.74, 6) is -0.605. The standard InChI is InChI=1S/C12H15F2NO4/c1-3-18-12(16)9-6-8(15-17-2)4-5-10(9)19-7-11(13)14/h4-6,11,15H,3,7H2,1-2H3. The lowest BCUT2D eigenvalue weighted by Gasteiger charge is -2.12. The van der Waals surface area contributed by atoms with E-state index in [1.54, 1.807) is 6.92 Å².